The Hall–Kier alpha value is -2.82. The molecule has 0 amide bonds. The maximum atomic E-state index is 5.54. The zero-order chi connectivity index (χ0) is 16.4. The maximum Gasteiger partial charge on any atom is 0.324 e. The van der Waals surface area contributed by atoms with Gasteiger partial charge in [-0.05, 0) is 30.5 Å². The van der Waals surface area contributed by atoms with Gasteiger partial charge in [0.25, 0.3) is 0 Å². The van der Waals surface area contributed by atoms with E-state index in [1.807, 2.05) is 42.5 Å². The molecule has 4 rings (SSSR count). The van der Waals surface area contributed by atoms with Crippen LogP contribution in [0.4, 0.5) is 6.01 Å². The summed E-state index contributed by atoms with van der Waals surface area (Å²) in [6.45, 7) is 0.924. The van der Waals surface area contributed by atoms with Gasteiger partial charge in [-0.2, -0.15) is 4.98 Å². The van der Waals surface area contributed by atoms with Gasteiger partial charge in [-0.1, -0.05) is 47.6 Å². The minimum absolute atomic E-state index is 0.264. The lowest BCUT2D eigenvalue weighted by atomic mass is 10.0. The molecule has 0 unspecified atom stereocenters. The fourth-order valence-corrected chi connectivity index (χ4v) is 3.20. The van der Waals surface area contributed by atoms with Gasteiger partial charge in [0.1, 0.15) is 5.75 Å². The second-order valence-corrected chi connectivity index (χ2v) is 5.89. The quantitative estimate of drug-likeness (QED) is 0.724. The van der Waals surface area contributed by atoms with Crippen molar-refractivity contribution in [1.29, 1.82) is 0 Å². The predicted molar refractivity (Wildman–Crippen MR) is 92.0 cm³/mol. The number of ether oxygens (including phenoxy) is 1. The van der Waals surface area contributed by atoms with Crippen molar-refractivity contribution < 1.29 is 9.26 Å². The third-order valence-corrected chi connectivity index (χ3v) is 4.45. The molecule has 1 aliphatic heterocycles. The molecule has 0 saturated carbocycles. The minimum Gasteiger partial charge on any atom is -0.497 e. The molecule has 1 saturated heterocycles. The van der Waals surface area contributed by atoms with Crippen molar-refractivity contribution >= 4 is 6.01 Å². The molecule has 0 N–H and O–H groups in total. The third-order valence-electron chi connectivity index (χ3n) is 4.45. The van der Waals surface area contributed by atoms with Gasteiger partial charge in [0, 0.05) is 12.1 Å². The number of nitrogens with zero attached hydrogens (tertiary/aromatic N) is 3. The van der Waals surface area contributed by atoms with Crippen molar-refractivity contribution in [2.45, 2.75) is 18.9 Å². The number of rotatable bonds is 4. The molecule has 5 heteroatoms. The zero-order valence-electron chi connectivity index (χ0n) is 13.6. The Morgan fingerprint density at radius 3 is 2.62 bits per heavy atom. The number of hydrogen-bond donors (Lipinski definition) is 0. The lowest BCUT2D eigenvalue weighted by Crippen LogP contribution is -2.22. The van der Waals surface area contributed by atoms with E-state index < -0.39 is 0 Å². The molecule has 1 aliphatic rings. The summed E-state index contributed by atoms with van der Waals surface area (Å²) in [6.07, 6.45) is 2.19. The molecule has 0 aliphatic carbocycles. The zero-order valence-corrected chi connectivity index (χ0v) is 13.6. The van der Waals surface area contributed by atoms with Crippen LogP contribution in [0.5, 0.6) is 5.75 Å². The van der Waals surface area contributed by atoms with Crippen LogP contribution in [0.1, 0.15) is 24.4 Å². The summed E-state index contributed by atoms with van der Waals surface area (Å²) in [5.41, 5.74) is 2.21. The Kier molecular flexibility index (Phi) is 3.91. The third kappa shape index (κ3) is 2.73. The van der Waals surface area contributed by atoms with Gasteiger partial charge in [0.05, 0.1) is 13.2 Å². The minimum atomic E-state index is 0.264. The summed E-state index contributed by atoms with van der Waals surface area (Å²) in [5.74, 6) is 1.50. The highest BCUT2D eigenvalue weighted by molar-refractivity contribution is 5.55. The van der Waals surface area contributed by atoms with Gasteiger partial charge < -0.3 is 14.2 Å². The highest BCUT2D eigenvalue weighted by Gasteiger charge is 2.30. The predicted octanol–water partition coefficient (Wildman–Crippen LogP) is 4.09. The molecule has 0 bridgehead atoms. The molecule has 24 heavy (non-hydrogen) atoms. The van der Waals surface area contributed by atoms with E-state index in [9.17, 15) is 0 Å². The van der Waals surface area contributed by atoms with Crippen LogP contribution < -0.4 is 9.64 Å². The maximum absolute atomic E-state index is 5.54. The van der Waals surface area contributed by atoms with Crippen LogP contribution >= 0.6 is 0 Å². The van der Waals surface area contributed by atoms with E-state index in [1.54, 1.807) is 7.11 Å². The fraction of sp³-hybridized carbons (Fsp3) is 0.263. The van der Waals surface area contributed by atoms with Gasteiger partial charge in [-0.15, -0.1) is 0 Å². The van der Waals surface area contributed by atoms with Crippen molar-refractivity contribution in [1.82, 2.24) is 10.1 Å². The van der Waals surface area contributed by atoms with Gasteiger partial charge in [-0.3, -0.25) is 0 Å². The molecular formula is C19H19N3O2. The van der Waals surface area contributed by atoms with Crippen LogP contribution in [-0.2, 0) is 0 Å². The Labute approximate surface area is 140 Å². The molecule has 0 spiro atoms. The number of anilines is 1. The van der Waals surface area contributed by atoms with E-state index in [-0.39, 0.29) is 6.04 Å². The van der Waals surface area contributed by atoms with Crippen LogP contribution in [-0.4, -0.2) is 23.8 Å². The monoisotopic (exact) mass is 321 g/mol. The first-order valence-electron chi connectivity index (χ1n) is 8.15. The van der Waals surface area contributed by atoms with Crippen molar-refractivity contribution in [3.05, 3.63) is 60.2 Å². The van der Waals surface area contributed by atoms with Crippen molar-refractivity contribution in [2.24, 2.45) is 0 Å². The summed E-state index contributed by atoms with van der Waals surface area (Å²) < 4.78 is 10.8. The van der Waals surface area contributed by atoms with Gasteiger partial charge in [0.15, 0.2) is 0 Å². The van der Waals surface area contributed by atoms with Crippen LogP contribution in [0.2, 0.25) is 0 Å². The molecule has 3 aromatic rings. The lowest BCUT2D eigenvalue weighted by molar-refractivity contribution is 0.410. The average molecular weight is 321 g/mol. The first kappa shape index (κ1) is 14.8. The van der Waals surface area contributed by atoms with Crippen LogP contribution in [0.3, 0.4) is 0 Å². The van der Waals surface area contributed by atoms with Gasteiger partial charge in [0.2, 0.25) is 5.82 Å². The lowest BCUT2D eigenvalue weighted by Gasteiger charge is -2.22. The van der Waals surface area contributed by atoms with Gasteiger partial charge in [-0.25, -0.2) is 0 Å². The van der Waals surface area contributed by atoms with E-state index in [0.29, 0.717) is 11.8 Å². The molecule has 1 atom stereocenters. The van der Waals surface area contributed by atoms with Crippen LogP contribution in [0.25, 0.3) is 11.4 Å². The highest BCUT2D eigenvalue weighted by Crippen LogP contribution is 2.36. The molecule has 2 heterocycles. The molecule has 1 aromatic heterocycles. The summed E-state index contributed by atoms with van der Waals surface area (Å²) >= 11 is 0. The van der Waals surface area contributed by atoms with E-state index in [0.717, 1.165) is 30.7 Å². The number of hydrogen-bond acceptors (Lipinski definition) is 5. The summed E-state index contributed by atoms with van der Waals surface area (Å²) in [7, 11) is 1.68. The topological polar surface area (TPSA) is 51.4 Å². The highest BCUT2D eigenvalue weighted by atomic mass is 16.5. The molecule has 0 radical (unpaired) electrons. The summed E-state index contributed by atoms with van der Waals surface area (Å²) in [5, 5.41) is 4.14. The van der Waals surface area contributed by atoms with Crippen molar-refractivity contribution in [3.8, 4) is 17.1 Å². The second-order valence-electron chi connectivity index (χ2n) is 5.89. The van der Waals surface area contributed by atoms with Crippen molar-refractivity contribution in [2.75, 3.05) is 18.6 Å². The first-order valence-corrected chi connectivity index (χ1v) is 8.15. The number of benzene rings is 2. The van der Waals surface area contributed by atoms with E-state index in [1.165, 1.54) is 5.56 Å². The fourth-order valence-electron chi connectivity index (χ4n) is 3.20. The van der Waals surface area contributed by atoms with E-state index >= 15 is 0 Å². The SMILES string of the molecule is COc1ccc([C@@H]2CCCN2c2nc(-c3ccccc3)no2)cc1. The normalized spacial score (nSPS) is 17.2. The standard InChI is InChI=1S/C19H19N3O2/c1-23-16-11-9-14(10-12-16)17-8-5-13-22(17)19-20-18(21-24-19)15-6-3-2-4-7-15/h2-4,6-7,9-12,17H,5,8,13H2,1H3/t17-/m0/s1. The second kappa shape index (κ2) is 6.35. The summed E-state index contributed by atoms with van der Waals surface area (Å²) in [6, 6.07) is 19.0. The summed E-state index contributed by atoms with van der Waals surface area (Å²) in [4.78, 5) is 6.79. The smallest absolute Gasteiger partial charge is 0.324 e. The van der Waals surface area contributed by atoms with Gasteiger partial charge >= 0.3 is 6.01 Å². The van der Waals surface area contributed by atoms with E-state index in [2.05, 4.69) is 27.2 Å². The Morgan fingerprint density at radius 2 is 1.88 bits per heavy atom. The van der Waals surface area contributed by atoms with Crippen LogP contribution in [0, 0.1) is 0 Å². The van der Waals surface area contributed by atoms with E-state index in [4.69, 9.17) is 9.26 Å². The molecule has 1 fully saturated rings. The largest absolute Gasteiger partial charge is 0.497 e. The number of aromatic nitrogens is 2. The number of methoxy groups -OCH3 is 1. The average Bonchev–Trinajstić information content (AvgIpc) is 3.32. The Bertz CT molecular complexity index is 799. The molecule has 122 valence electrons. The van der Waals surface area contributed by atoms with Crippen molar-refractivity contribution in [3.63, 3.8) is 0 Å². The Morgan fingerprint density at radius 1 is 1.08 bits per heavy atom. The first-order chi connectivity index (χ1) is 11.8. The molecule has 2 aromatic carbocycles. The Balaban J connectivity index is 1.60. The molecular weight excluding hydrogens is 302 g/mol. The van der Waals surface area contributed by atoms with Crippen LogP contribution in [0.15, 0.2) is 59.1 Å². The molecule has 5 nitrogen and oxygen atoms in total.